The van der Waals surface area contributed by atoms with Gasteiger partial charge in [-0.25, -0.2) is 0 Å². The van der Waals surface area contributed by atoms with Gasteiger partial charge in [0.25, 0.3) is 0 Å². The van der Waals surface area contributed by atoms with Gasteiger partial charge in [0.15, 0.2) is 11.5 Å². The average molecular weight is 478 g/mol. The number of rotatable bonds is 10. The molecule has 6 heteroatoms. The van der Waals surface area contributed by atoms with Crippen molar-refractivity contribution < 1.29 is 14.3 Å². The van der Waals surface area contributed by atoms with E-state index < -0.39 is 0 Å². The zero-order chi connectivity index (χ0) is 23.0. The van der Waals surface area contributed by atoms with Crippen molar-refractivity contribution in [3.05, 3.63) is 95.6 Å². The van der Waals surface area contributed by atoms with E-state index in [1.54, 1.807) is 4.90 Å². The van der Waals surface area contributed by atoms with Crippen LogP contribution in [-0.2, 0) is 24.2 Å². The van der Waals surface area contributed by atoms with E-state index in [4.69, 9.17) is 21.7 Å². The first-order valence-electron chi connectivity index (χ1n) is 11.1. The third-order valence-corrected chi connectivity index (χ3v) is 7.02. The molecule has 4 nitrogen and oxygen atoms in total. The Morgan fingerprint density at radius 1 is 0.879 bits per heavy atom. The van der Waals surface area contributed by atoms with Crippen LogP contribution in [-0.4, -0.2) is 33.5 Å². The molecule has 1 atom stereocenters. The summed E-state index contributed by atoms with van der Waals surface area (Å²) < 4.78 is 12.5. The highest BCUT2D eigenvalue weighted by atomic mass is 32.2. The van der Waals surface area contributed by atoms with Crippen molar-refractivity contribution in [1.82, 2.24) is 4.90 Å². The van der Waals surface area contributed by atoms with Gasteiger partial charge in [-0.15, -0.1) is 0 Å². The lowest BCUT2D eigenvalue weighted by molar-refractivity contribution is -0.126. The predicted molar refractivity (Wildman–Crippen MR) is 138 cm³/mol. The van der Waals surface area contributed by atoms with Crippen LogP contribution in [0, 0.1) is 0 Å². The molecule has 33 heavy (non-hydrogen) atoms. The van der Waals surface area contributed by atoms with Gasteiger partial charge in [-0.2, -0.15) is 0 Å². The summed E-state index contributed by atoms with van der Waals surface area (Å²) in [7, 11) is 0. The average Bonchev–Trinajstić information content (AvgIpc) is 3.10. The van der Waals surface area contributed by atoms with Crippen molar-refractivity contribution in [1.29, 1.82) is 0 Å². The van der Waals surface area contributed by atoms with Gasteiger partial charge in [-0.1, -0.05) is 90.7 Å². The largest absolute Gasteiger partial charge is 0.490 e. The highest BCUT2D eigenvalue weighted by Gasteiger charge is 2.36. The number of ether oxygens (including phenoxy) is 2. The molecule has 1 aliphatic rings. The minimum atomic E-state index is -0.209. The lowest BCUT2D eigenvalue weighted by atomic mass is 10.1. The molecular weight excluding hydrogens is 450 g/mol. The Hall–Kier alpha value is -2.83. The Balaban J connectivity index is 1.39. The topological polar surface area (TPSA) is 38.8 Å². The van der Waals surface area contributed by atoms with Crippen molar-refractivity contribution in [2.24, 2.45) is 0 Å². The van der Waals surface area contributed by atoms with Crippen molar-refractivity contribution in [2.45, 2.75) is 31.6 Å². The van der Waals surface area contributed by atoms with E-state index >= 15 is 0 Å². The molecule has 4 rings (SSSR count). The minimum Gasteiger partial charge on any atom is -0.490 e. The van der Waals surface area contributed by atoms with Gasteiger partial charge in [0, 0.05) is 6.54 Å². The van der Waals surface area contributed by atoms with Gasteiger partial charge in [0.05, 0.1) is 11.9 Å². The molecule has 0 saturated carbocycles. The molecule has 1 amide bonds. The normalized spacial score (nSPS) is 15.7. The van der Waals surface area contributed by atoms with Gasteiger partial charge in [0.1, 0.15) is 10.9 Å². The maximum atomic E-state index is 13.0. The smallest absolute Gasteiger partial charge is 0.241 e. The summed E-state index contributed by atoms with van der Waals surface area (Å²) in [5, 5.41) is -0.209. The maximum absolute atomic E-state index is 13.0. The van der Waals surface area contributed by atoms with E-state index in [2.05, 4.69) is 12.1 Å². The van der Waals surface area contributed by atoms with Crippen LogP contribution >= 0.6 is 24.0 Å². The van der Waals surface area contributed by atoms with Crippen LogP contribution in [0.1, 0.15) is 23.6 Å². The molecule has 0 bridgehead atoms. The summed E-state index contributed by atoms with van der Waals surface area (Å²) >= 11 is 7.00. The van der Waals surface area contributed by atoms with Crippen molar-refractivity contribution in [3.8, 4) is 11.5 Å². The Labute approximate surface area is 204 Å². The Morgan fingerprint density at radius 3 is 2.27 bits per heavy atom. The number of nitrogens with zero attached hydrogens (tertiary/aromatic N) is 1. The van der Waals surface area contributed by atoms with Crippen LogP contribution < -0.4 is 9.47 Å². The third-order valence-electron chi connectivity index (χ3n) is 5.44. The SMILES string of the molecule is CCOc1cc(C[C@@H]2SC(=S)N(CCc3ccccc3)C2=O)ccc1OCc1ccccc1. The van der Waals surface area contributed by atoms with Crippen LogP contribution in [0.4, 0.5) is 0 Å². The summed E-state index contributed by atoms with van der Waals surface area (Å²) in [6.07, 6.45) is 1.40. The second-order valence-electron chi connectivity index (χ2n) is 7.79. The zero-order valence-corrected chi connectivity index (χ0v) is 20.2. The molecule has 0 aliphatic carbocycles. The fraction of sp³-hybridized carbons (Fsp3) is 0.259. The number of benzene rings is 3. The standard InChI is InChI=1S/C27H27NO3S2/c1-2-30-24-17-22(13-14-23(24)31-19-21-11-7-4-8-12-21)18-25-26(29)28(27(32)33-25)16-15-20-9-5-3-6-10-20/h3-14,17,25H,2,15-16,18-19H2,1H3/t25-/m0/s1. The van der Waals surface area contributed by atoms with Crippen LogP contribution in [0.15, 0.2) is 78.9 Å². The molecule has 1 fully saturated rings. The molecule has 1 aliphatic heterocycles. The molecule has 1 heterocycles. The molecule has 170 valence electrons. The summed E-state index contributed by atoms with van der Waals surface area (Å²) in [5.41, 5.74) is 3.33. The van der Waals surface area contributed by atoms with Gasteiger partial charge in [-0.3, -0.25) is 9.69 Å². The van der Waals surface area contributed by atoms with E-state index in [0.717, 1.165) is 17.5 Å². The number of thioether (sulfide) groups is 1. The highest BCUT2D eigenvalue weighted by molar-refractivity contribution is 8.24. The van der Waals surface area contributed by atoms with Gasteiger partial charge < -0.3 is 9.47 Å². The third kappa shape index (κ3) is 6.15. The number of hydrogen-bond donors (Lipinski definition) is 0. The Morgan fingerprint density at radius 2 is 1.58 bits per heavy atom. The fourth-order valence-electron chi connectivity index (χ4n) is 3.73. The van der Waals surface area contributed by atoms with E-state index in [0.29, 0.717) is 42.0 Å². The van der Waals surface area contributed by atoms with Gasteiger partial charge in [0.2, 0.25) is 5.91 Å². The summed E-state index contributed by atoms with van der Waals surface area (Å²) in [4.78, 5) is 14.8. The molecule has 0 unspecified atom stereocenters. The second kappa shape index (κ2) is 11.3. The van der Waals surface area contributed by atoms with Crippen molar-refractivity contribution >= 4 is 34.2 Å². The van der Waals surface area contributed by atoms with Gasteiger partial charge in [-0.05, 0) is 48.6 Å². The molecule has 3 aromatic rings. The van der Waals surface area contributed by atoms with E-state index in [9.17, 15) is 4.79 Å². The van der Waals surface area contributed by atoms with E-state index in [1.165, 1.54) is 17.3 Å². The van der Waals surface area contributed by atoms with Crippen LogP contribution in [0.3, 0.4) is 0 Å². The number of carbonyl (C=O) groups excluding carboxylic acids is 1. The van der Waals surface area contributed by atoms with E-state index in [-0.39, 0.29) is 11.2 Å². The Kier molecular flexibility index (Phi) is 8.02. The lowest BCUT2D eigenvalue weighted by Crippen LogP contribution is -2.33. The summed E-state index contributed by atoms with van der Waals surface area (Å²) in [5.74, 6) is 1.49. The first kappa shape index (κ1) is 23.3. The van der Waals surface area contributed by atoms with Crippen molar-refractivity contribution in [3.63, 3.8) is 0 Å². The lowest BCUT2D eigenvalue weighted by Gasteiger charge is -2.16. The van der Waals surface area contributed by atoms with Crippen LogP contribution in [0.2, 0.25) is 0 Å². The van der Waals surface area contributed by atoms with Crippen LogP contribution in [0.25, 0.3) is 0 Å². The molecule has 0 radical (unpaired) electrons. The van der Waals surface area contributed by atoms with Gasteiger partial charge >= 0.3 is 0 Å². The predicted octanol–water partition coefficient (Wildman–Crippen LogP) is 5.68. The van der Waals surface area contributed by atoms with E-state index in [1.807, 2.05) is 73.7 Å². The molecule has 0 spiro atoms. The zero-order valence-electron chi connectivity index (χ0n) is 18.6. The number of carbonyl (C=O) groups is 1. The fourth-order valence-corrected chi connectivity index (χ4v) is 5.32. The summed E-state index contributed by atoms with van der Waals surface area (Å²) in [6.45, 7) is 3.58. The molecule has 0 N–H and O–H groups in total. The quantitative estimate of drug-likeness (QED) is 0.351. The molecule has 0 aromatic heterocycles. The summed E-state index contributed by atoms with van der Waals surface area (Å²) in [6, 6.07) is 26.1. The monoisotopic (exact) mass is 477 g/mol. The molecule has 3 aromatic carbocycles. The van der Waals surface area contributed by atoms with Crippen LogP contribution in [0.5, 0.6) is 11.5 Å². The minimum absolute atomic E-state index is 0.0864. The number of thiocarbonyl (C=S) groups is 1. The first-order chi connectivity index (χ1) is 16.1. The number of amides is 1. The number of hydrogen-bond acceptors (Lipinski definition) is 5. The second-order valence-corrected chi connectivity index (χ2v) is 9.63. The Bertz CT molecular complexity index is 1090. The molecular formula is C27H27NO3S2. The molecule has 1 saturated heterocycles. The van der Waals surface area contributed by atoms with Crippen molar-refractivity contribution in [2.75, 3.05) is 13.2 Å². The first-order valence-corrected chi connectivity index (χ1v) is 12.4. The highest BCUT2D eigenvalue weighted by Crippen LogP contribution is 2.34. The maximum Gasteiger partial charge on any atom is 0.241 e.